The average Bonchev–Trinajstić information content (AvgIpc) is 2.80. The molecule has 0 heterocycles. The fourth-order valence-electron chi connectivity index (χ4n) is 3.73. The summed E-state index contributed by atoms with van der Waals surface area (Å²) in [5.74, 6) is -0.286. The highest BCUT2D eigenvalue weighted by Crippen LogP contribution is 2.49. The Bertz CT molecular complexity index is 1130. The highest BCUT2D eigenvalue weighted by atomic mass is 79.9. The summed E-state index contributed by atoms with van der Waals surface area (Å²) in [4.78, 5) is 0. The number of anilines is 1. The van der Waals surface area contributed by atoms with Gasteiger partial charge in [-0.2, -0.15) is 0 Å². The van der Waals surface area contributed by atoms with Gasteiger partial charge in [0.05, 0.1) is 5.78 Å². The number of hydrogen-bond donors (Lipinski definition) is 1. The van der Waals surface area contributed by atoms with E-state index in [1.54, 1.807) is 0 Å². The fourth-order valence-corrected chi connectivity index (χ4v) is 6.98. The quantitative estimate of drug-likeness (QED) is 0.307. The molecule has 2 nitrogen and oxygen atoms in total. The van der Waals surface area contributed by atoms with Crippen LogP contribution in [0.15, 0.2) is 114 Å². The van der Waals surface area contributed by atoms with Gasteiger partial charge in [-0.1, -0.05) is 113 Å². The maximum atomic E-state index is 14.6. The van der Waals surface area contributed by atoms with Crippen LogP contribution < -0.4 is 15.9 Å². The minimum Gasteiger partial charge on any atom is -0.375 e. The third-order valence-corrected chi connectivity index (χ3v) is 9.32. The van der Waals surface area contributed by atoms with E-state index in [-0.39, 0.29) is 5.78 Å². The van der Waals surface area contributed by atoms with Gasteiger partial charge in [0.1, 0.15) is 0 Å². The van der Waals surface area contributed by atoms with Crippen LogP contribution in [0.25, 0.3) is 11.1 Å². The van der Waals surface area contributed by atoms with Crippen molar-refractivity contribution in [1.29, 1.82) is 0 Å². The van der Waals surface area contributed by atoms with Crippen molar-refractivity contribution in [2.24, 2.45) is 0 Å². The van der Waals surface area contributed by atoms with E-state index < -0.39 is 7.14 Å². The van der Waals surface area contributed by atoms with Crippen molar-refractivity contribution in [3.05, 3.63) is 114 Å². The summed E-state index contributed by atoms with van der Waals surface area (Å²) >= 11 is 3.66. The first-order valence-corrected chi connectivity index (χ1v) is 12.5. The Balaban J connectivity index is 1.78. The van der Waals surface area contributed by atoms with E-state index in [0.717, 1.165) is 31.9 Å². The van der Waals surface area contributed by atoms with Gasteiger partial charge in [0.2, 0.25) is 0 Å². The molecule has 0 amide bonds. The van der Waals surface area contributed by atoms with E-state index in [1.807, 2.05) is 104 Å². The molecule has 0 saturated carbocycles. The first-order chi connectivity index (χ1) is 14.6. The Labute approximate surface area is 186 Å². The van der Waals surface area contributed by atoms with E-state index in [9.17, 15) is 4.57 Å². The van der Waals surface area contributed by atoms with E-state index in [4.69, 9.17) is 0 Å². The molecule has 0 aliphatic heterocycles. The van der Waals surface area contributed by atoms with Crippen LogP contribution >= 0.6 is 23.1 Å². The summed E-state index contributed by atoms with van der Waals surface area (Å²) in [6.07, 6.45) is 0. The van der Waals surface area contributed by atoms with Gasteiger partial charge < -0.3 is 9.88 Å². The minimum atomic E-state index is -2.93. The van der Waals surface area contributed by atoms with Crippen molar-refractivity contribution >= 4 is 39.4 Å². The standard InChI is InChI=1S/C26H23BrNOP/c1-20(28-26-19-11-9-17-24(26)23-16-8-10-18-25(23)27)30(29,21-12-4-2-5-13-21)22-14-6-3-7-15-22/h2-20,28H,1H3. The molecule has 0 saturated heterocycles. The second-order valence-electron chi connectivity index (χ2n) is 7.17. The Kier molecular flexibility index (Phi) is 6.22. The minimum absolute atomic E-state index is 0.286. The van der Waals surface area contributed by atoms with Gasteiger partial charge in [0.15, 0.2) is 7.14 Å². The number of nitrogens with one attached hydrogen (secondary N) is 1. The molecule has 0 aliphatic carbocycles. The Hall–Kier alpha value is -2.61. The number of para-hydroxylation sites is 1. The van der Waals surface area contributed by atoms with E-state index in [1.165, 1.54) is 0 Å². The fraction of sp³-hybridized carbons (Fsp3) is 0.0769. The molecule has 1 atom stereocenters. The van der Waals surface area contributed by atoms with E-state index in [2.05, 4.69) is 33.4 Å². The number of hydrogen-bond acceptors (Lipinski definition) is 2. The molecule has 4 aromatic rings. The molecule has 30 heavy (non-hydrogen) atoms. The molecule has 4 heteroatoms. The van der Waals surface area contributed by atoms with Crippen molar-refractivity contribution in [3.63, 3.8) is 0 Å². The predicted molar refractivity (Wildman–Crippen MR) is 132 cm³/mol. The predicted octanol–water partition coefficient (Wildman–Crippen LogP) is 6.89. The zero-order valence-corrected chi connectivity index (χ0v) is 19.2. The lowest BCUT2D eigenvalue weighted by Gasteiger charge is -2.28. The largest absolute Gasteiger partial charge is 0.375 e. The maximum Gasteiger partial charge on any atom is 0.163 e. The molecule has 1 N–H and O–H groups in total. The van der Waals surface area contributed by atoms with Gasteiger partial charge in [0, 0.05) is 26.3 Å². The molecule has 0 bridgehead atoms. The van der Waals surface area contributed by atoms with Crippen molar-refractivity contribution in [2.45, 2.75) is 12.7 Å². The SMILES string of the molecule is CC(Nc1ccccc1-c1ccccc1Br)P(=O)(c1ccccc1)c1ccccc1. The van der Waals surface area contributed by atoms with Crippen LogP contribution in [-0.4, -0.2) is 5.78 Å². The average molecular weight is 476 g/mol. The van der Waals surface area contributed by atoms with Gasteiger partial charge in [-0.15, -0.1) is 0 Å². The lowest BCUT2D eigenvalue weighted by atomic mass is 10.0. The monoisotopic (exact) mass is 475 g/mol. The smallest absolute Gasteiger partial charge is 0.163 e. The van der Waals surface area contributed by atoms with Crippen molar-refractivity contribution < 1.29 is 4.57 Å². The van der Waals surface area contributed by atoms with Gasteiger partial charge >= 0.3 is 0 Å². The summed E-state index contributed by atoms with van der Waals surface area (Å²) < 4.78 is 15.6. The van der Waals surface area contributed by atoms with Crippen LogP contribution in [0.5, 0.6) is 0 Å². The Morgan fingerprint density at radius 1 is 0.667 bits per heavy atom. The zero-order valence-electron chi connectivity index (χ0n) is 16.7. The van der Waals surface area contributed by atoms with Gasteiger partial charge in [-0.05, 0) is 24.6 Å². The highest BCUT2D eigenvalue weighted by molar-refractivity contribution is 9.10. The highest BCUT2D eigenvalue weighted by Gasteiger charge is 2.34. The molecule has 0 aromatic heterocycles. The van der Waals surface area contributed by atoms with Crippen LogP contribution in [0.1, 0.15) is 6.92 Å². The van der Waals surface area contributed by atoms with Crippen molar-refractivity contribution in [2.75, 3.05) is 5.32 Å². The molecule has 0 fully saturated rings. The second kappa shape index (κ2) is 9.04. The summed E-state index contributed by atoms with van der Waals surface area (Å²) in [5.41, 5.74) is 3.13. The molecule has 0 spiro atoms. The zero-order chi connectivity index (χ0) is 21.0. The van der Waals surface area contributed by atoms with Crippen LogP contribution in [0.3, 0.4) is 0 Å². The first kappa shape index (κ1) is 20.7. The van der Waals surface area contributed by atoms with Crippen molar-refractivity contribution in [1.82, 2.24) is 0 Å². The lowest BCUT2D eigenvalue weighted by molar-refractivity contribution is 0.582. The molecule has 4 aromatic carbocycles. The van der Waals surface area contributed by atoms with E-state index >= 15 is 0 Å². The van der Waals surface area contributed by atoms with Crippen LogP contribution in [0.4, 0.5) is 5.69 Å². The molecular weight excluding hydrogens is 453 g/mol. The van der Waals surface area contributed by atoms with Crippen LogP contribution in [0.2, 0.25) is 0 Å². The Morgan fingerprint density at radius 3 is 1.70 bits per heavy atom. The number of benzene rings is 4. The molecule has 4 rings (SSSR count). The normalized spacial score (nSPS) is 12.3. The van der Waals surface area contributed by atoms with Crippen LogP contribution in [-0.2, 0) is 4.57 Å². The van der Waals surface area contributed by atoms with E-state index in [0.29, 0.717) is 0 Å². The Morgan fingerprint density at radius 2 is 1.13 bits per heavy atom. The summed E-state index contributed by atoms with van der Waals surface area (Å²) in [5, 5.41) is 5.30. The first-order valence-electron chi connectivity index (χ1n) is 9.92. The maximum absolute atomic E-state index is 14.6. The number of halogens is 1. The number of rotatable bonds is 6. The molecule has 1 unspecified atom stereocenters. The van der Waals surface area contributed by atoms with Gasteiger partial charge in [-0.25, -0.2) is 0 Å². The third kappa shape index (κ3) is 4.01. The third-order valence-electron chi connectivity index (χ3n) is 5.28. The van der Waals surface area contributed by atoms with Gasteiger partial charge in [-0.3, -0.25) is 0 Å². The van der Waals surface area contributed by atoms with Crippen LogP contribution in [0, 0.1) is 0 Å². The molecule has 0 radical (unpaired) electrons. The summed E-state index contributed by atoms with van der Waals surface area (Å²) in [6.45, 7) is 2.01. The molecule has 0 aliphatic rings. The van der Waals surface area contributed by atoms with Gasteiger partial charge in [0.25, 0.3) is 0 Å². The molecular formula is C26H23BrNOP. The summed E-state index contributed by atoms with van der Waals surface area (Å²) in [6, 6.07) is 35.9. The topological polar surface area (TPSA) is 29.1 Å². The molecule has 150 valence electrons. The summed E-state index contributed by atoms with van der Waals surface area (Å²) in [7, 11) is -2.93. The second-order valence-corrected chi connectivity index (χ2v) is 11.2. The van der Waals surface area contributed by atoms with Crippen molar-refractivity contribution in [3.8, 4) is 11.1 Å². The lowest BCUT2D eigenvalue weighted by Crippen LogP contribution is -2.29.